The number of benzene rings is 1. The van der Waals surface area contributed by atoms with E-state index in [0.717, 1.165) is 18.4 Å². The van der Waals surface area contributed by atoms with Crippen LogP contribution < -0.4 is 5.32 Å². The molecule has 1 aromatic carbocycles. The molecule has 0 radical (unpaired) electrons. The van der Waals surface area contributed by atoms with Crippen LogP contribution in [0.5, 0.6) is 0 Å². The number of hydrogen-bond acceptors (Lipinski definition) is 2. The number of nitrogens with zero attached hydrogens (tertiary/aromatic N) is 1. The molecule has 0 heterocycles. The standard InChI is InChI=1S/C16H18N2/c1-4-11-18-16(12-17)10-9-15(2,3)13-7-5-6-8-14(13)16/h1,5-8,18H,9-11H2,2-3H3. The summed E-state index contributed by atoms with van der Waals surface area (Å²) in [5.41, 5.74) is 1.83. The third-order valence-corrected chi connectivity index (χ3v) is 3.92. The molecule has 1 aliphatic carbocycles. The minimum Gasteiger partial charge on any atom is -0.285 e. The van der Waals surface area contributed by atoms with Gasteiger partial charge in [0.1, 0.15) is 5.54 Å². The van der Waals surface area contributed by atoms with Crippen molar-refractivity contribution in [3.63, 3.8) is 0 Å². The zero-order chi connectivity index (χ0) is 13.2. The zero-order valence-electron chi connectivity index (χ0n) is 11.0. The third-order valence-electron chi connectivity index (χ3n) is 3.92. The van der Waals surface area contributed by atoms with Crippen molar-refractivity contribution >= 4 is 0 Å². The fourth-order valence-corrected chi connectivity index (χ4v) is 2.76. The Labute approximate surface area is 109 Å². The Kier molecular flexibility index (Phi) is 3.16. The van der Waals surface area contributed by atoms with Crippen molar-refractivity contribution in [1.82, 2.24) is 5.32 Å². The van der Waals surface area contributed by atoms with Crippen molar-refractivity contribution in [2.75, 3.05) is 6.54 Å². The van der Waals surface area contributed by atoms with Crippen LogP contribution in [0.3, 0.4) is 0 Å². The van der Waals surface area contributed by atoms with Crippen LogP contribution >= 0.6 is 0 Å². The Morgan fingerprint density at radius 2 is 1.94 bits per heavy atom. The third kappa shape index (κ3) is 1.90. The lowest BCUT2D eigenvalue weighted by atomic mass is 9.66. The molecule has 0 aromatic heterocycles. The molecule has 2 rings (SSSR count). The van der Waals surface area contributed by atoms with Crippen molar-refractivity contribution in [3.05, 3.63) is 35.4 Å². The molecule has 18 heavy (non-hydrogen) atoms. The van der Waals surface area contributed by atoms with Crippen molar-refractivity contribution in [2.24, 2.45) is 0 Å². The first kappa shape index (κ1) is 12.7. The summed E-state index contributed by atoms with van der Waals surface area (Å²) >= 11 is 0. The molecule has 92 valence electrons. The fourth-order valence-electron chi connectivity index (χ4n) is 2.76. The molecule has 0 amide bonds. The lowest BCUT2D eigenvalue weighted by Crippen LogP contribution is -2.47. The Bertz CT molecular complexity index is 531. The Balaban J connectivity index is 2.54. The molecule has 0 fully saturated rings. The topological polar surface area (TPSA) is 35.8 Å². The van der Waals surface area contributed by atoms with Crippen LogP contribution in [0.4, 0.5) is 0 Å². The maximum atomic E-state index is 9.60. The highest BCUT2D eigenvalue weighted by atomic mass is 15.0. The van der Waals surface area contributed by atoms with Gasteiger partial charge >= 0.3 is 0 Å². The van der Waals surface area contributed by atoms with Crippen LogP contribution in [-0.2, 0) is 11.0 Å². The van der Waals surface area contributed by atoms with Gasteiger partial charge in [0.15, 0.2) is 0 Å². The first-order chi connectivity index (χ1) is 8.56. The van der Waals surface area contributed by atoms with Crippen molar-refractivity contribution in [2.45, 2.75) is 37.6 Å². The van der Waals surface area contributed by atoms with E-state index in [1.54, 1.807) is 0 Å². The van der Waals surface area contributed by atoms with E-state index in [2.05, 4.69) is 37.2 Å². The summed E-state index contributed by atoms with van der Waals surface area (Å²) in [6, 6.07) is 10.6. The van der Waals surface area contributed by atoms with Gasteiger partial charge in [0.2, 0.25) is 0 Å². The molecule has 2 nitrogen and oxygen atoms in total. The van der Waals surface area contributed by atoms with Gasteiger partial charge in [0.25, 0.3) is 0 Å². The van der Waals surface area contributed by atoms with Gasteiger partial charge < -0.3 is 0 Å². The molecule has 2 heteroatoms. The monoisotopic (exact) mass is 238 g/mol. The summed E-state index contributed by atoms with van der Waals surface area (Å²) in [5.74, 6) is 2.56. The molecule has 0 aliphatic heterocycles. The van der Waals surface area contributed by atoms with Crippen LogP contribution in [0.2, 0.25) is 0 Å². The molecular weight excluding hydrogens is 220 g/mol. The molecule has 0 saturated heterocycles. The molecule has 0 bridgehead atoms. The molecular formula is C16H18N2. The minimum atomic E-state index is -0.627. The molecule has 0 saturated carbocycles. The van der Waals surface area contributed by atoms with Gasteiger partial charge in [-0.3, -0.25) is 5.32 Å². The fraction of sp³-hybridized carbons (Fsp3) is 0.438. The van der Waals surface area contributed by atoms with E-state index in [1.807, 2.05) is 18.2 Å². The van der Waals surface area contributed by atoms with Crippen molar-refractivity contribution < 1.29 is 0 Å². The summed E-state index contributed by atoms with van der Waals surface area (Å²) in [5, 5.41) is 12.8. The van der Waals surface area contributed by atoms with E-state index in [9.17, 15) is 5.26 Å². The van der Waals surface area contributed by atoms with Crippen LogP contribution in [-0.4, -0.2) is 6.54 Å². The number of nitrogens with one attached hydrogen (secondary N) is 1. The summed E-state index contributed by atoms with van der Waals surface area (Å²) in [6.07, 6.45) is 7.09. The smallest absolute Gasteiger partial charge is 0.133 e. The summed E-state index contributed by atoms with van der Waals surface area (Å²) in [7, 11) is 0. The Hall–Kier alpha value is -1.77. The molecule has 1 N–H and O–H groups in total. The van der Waals surface area contributed by atoms with Crippen molar-refractivity contribution in [3.8, 4) is 18.4 Å². The second kappa shape index (κ2) is 4.48. The molecule has 1 unspecified atom stereocenters. The SMILES string of the molecule is C#CCNC1(C#N)CCC(C)(C)c2ccccc21. The minimum absolute atomic E-state index is 0.120. The van der Waals surface area contributed by atoms with Gasteiger partial charge in [-0.05, 0) is 29.4 Å². The van der Waals surface area contributed by atoms with Gasteiger partial charge in [-0.25, -0.2) is 0 Å². The molecule has 1 aromatic rings. The van der Waals surface area contributed by atoms with Gasteiger partial charge in [-0.2, -0.15) is 5.26 Å². The van der Waals surface area contributed by atoms with Gasteiger partial charge in [0, 0.05) is 0 Å². The second-order valence-electron chi connectivity index (χ2n) is 5.50. The van der Waals surface area contributed by atoms with Crippen LogP contribution in [0.1, 0.15) is 37.8 Å². The highest BCUT2D eigenvalue weighted by Gasteiger charge is 2.42. The summed E-state index contributed by atoms with van der Waals surface area (Å²) in [6.45, 7) is 4.88. The number of terminal acetylenes is 1. The molecule has 1 atom stereocenters. The van der Waals surface area contributed by atoms with E-state index >= 15 is 0 Å². The lowest BCUT2D eigenvalue weighted by molar-refractivity contribution is 0.309. The number of rotatable bonds is 2. The van der Waals surface area contributed by atoms with Crippen LogP contribution in [0, 0.1) is 23.7 Å². The summed E-state index contributed by atoms with van der Waals surface area (Å²) < 4.78 is 0. The molecule has 1 aliphatic rings. The van der Waals surface area contributed by atoms with Gasteiger partial charge in [0.05, 0.1) is 12.6 Å². The quantitative estimate of drug-likeness (QED) is 0.804. The predicted molar refractivity (Wildman–Crippen MR) is 72.8 cm³/mol. The van der Waals surface area contributed by atoms with E-state index in [4.69, 9.17) is 6.42 Å². The van der Waals surface area contributed by atoms with Gasteiger partial charge in [-0.1, -0.05) is 44.0 Å². The van der Waals surface area contributed by atoms with Crippen LogP contribution in [0.25, 0.3) is 0 Å². The number of hydrogen-bond donors (Lipinski definition) is 1. The first-order valence-electron chi connectivity index (χ1n) is 6.25. The van der Waals surface area contributed by atoms with E-state index in [1.165, 1.54) is 5.56 Å². The molecule has 0 spiro atoms. The average molecular weight is 238 g/mol. The van der Waals surface area contributed by atoms with E-state index in [-0.39, 0.29) is 5.41 Å². The largest absolute Gasteiger partial charge is 0.285 e. The van der Waals surface area contributed by atoms with Crippen LogP contribution in [0.15, 0.2) is 24.3 Å². The lowest BCUT2D eigenvalue weighted by Gasteiger charge is -2.41. The predicted octanol–water partition coefficient (Wildman–Crippen LogP) is 2.70. The maximum Gasteiger partial charge on any atom is 0.133 e. The Morgan fingerprint density at radius 1 is 1.28 bits per heavy atom. The second-order valence-corrected chi connectivity index (χ2v) is 5.50. The normalized spacial score (nSPS) is 24.7. The maximum absolute atomic E-state index is 9.60. The summed E-state index contributed by atoms with van der Waals surface area (Å²) in [4.78, 5) is 0. The highest BCUT2D eigenvalue weighted by Crippen LogP contribution is 2.44. The number of nitriles is 1. The van der Waals surface area contributed by atoms with Gasteiger partial charge in [-0.15, -0.1) is 6.42 Å². The van der Waals surface area contributed by atoms with E-state index < -0.39 is 5.54 Å². The zero-order valence-corrected chi connectivity index (χ0v) is 11.0. The number of fused-ring (bicyclic) bond motifs is 1. The van der Waals surface area contributed by atoms with Crippen molar-refractivity contribution in [1.29, 1.82) is 5.26 Å². The first-order valence-corrected chi connectivity index (χ1v) is 6.25. The highest BCUT2D eigenvalue weighted by molar-refractivity contribution is 5.45. The van der Waals surface area contributed by atoms with E-state index in [0.29, 0.717) is 6.54 Å². The average Bonchev–Trinajstić information content (AvgIpc) is 2.39. The Morgan fingerprint density at radius 3 is 2.56 bits per heavy atom.